The van der Waals surface area contributed by atoms with Crippen LogP contribution in [0.15, 0.2) is 48.4 Å². The van der Waals surface area contributed by atoms with Crippen LogP contribution in [0.3, 0.4) is 0 Å². The molecule has 0 radical (unpaired) electrons. The molecule has 2 aromatic rings. The molecular formula is C17H17N3O2. The molecule has 0 unspecified atom stereocenters. The van der Waals surface area contributed by atoms with E-state index in [1.54, 1.807) is 35.4 Å². The van der Waals surface area contributed by atoms with Gasteiger partial charge in [-0.15, -0.1) is 0 Å². The van der Waals surface area contributed by atoms with Crippen LogP contribution in [0.5, 0.6) is 5.75 Å². The average Bonchev–Trinajstić information content (AvgIpc) is 2.49. The molecule has 5 heteroatoms. The molecule has 1 amide bonds. The van der Waals surface area contributed by atoms with Gasteiger partial charge in [-0.05, 0) is 44.2 Å². The molecule has 1 aliphatic heterocycles. The van der Waals surface area contributed by atoms with Gasteiger partial charge in [0, 0.05) is 24.0 Å². The number of fused-ring (bicyclic) bond motifs is 1. The number of aromatic nitrogens is 1. The molecule has 0 spiro atoms. The molecule has 0 fully saturated rings. The third-order valence-electron chi connectivity index (χ3n) is 3.38. The van der Waals surface area contributed by atoms with Crippen molar-refractivity contribution >= 4 is 23.4 Å². The summed E-state index contributed by atoms with van der Waals surface area (Å²) in [6, 6.07) is 10.8. The van der Waals surface area contributed by atoms with E-state index in [-0.39, 0.29) is 17.7 Å². The number of carbonyl (C=O) groups excluding carboxylic acids is 1. The van der Waals surface area contributed by atoms with Gasteiger partial charge in [-0.1, -0.05) is 6.07 Å². The van der Waals surface area contributed by atoms with Crippen molar-refractivity contribution in [2.24, 2.45) is 0 Å². The number of carbonyl (C=O) groups is 1. The fraction of sp³-hybridized carbons (Fsp3) is 0.176. The van der Waals surface area contributed by atoms with Gasteiger partial charge >= 0.3 is 0 Å². The van der Waals surface area contributed by atoms with Crippen molar-refractivity contribution in [1.29, 1.82) is 0 Å². The van der Waals surface area contributed by atoms with Gasteiger partial charge in [0.1, 0.15) is 0 Å². The minimum absolute atomic E-state index is 0.0101. The molecule has 2 N–H and O–H groups in total. The van der Waals surface area contributed by atoms with E-state index in [0.29, 0.717) is 22.8 Å². The van der Waals surface area contributed by atoms with Gasteiger partial charge in [0.25, 0.3) is 5.91 Å². The third kappa shape index (κ3) is 2.53. The summed E-state index contributed by atoms with van der Waals surface area (Å²) in [5, 5.41) is 0. The Morgan fingerprint density at radius 2 is 2.09 bits per heavy atom. The largest absolute Gasteiger partial charge is 0.449 e. The summed E-state index contributed by atoms with van der Waals surface area (Å²) in [7, 11) is 0. The van der Waals surface area contributed by atoms with Crippen LogP contribution in [0.2, 0.25) is 0 Å². The minimum atomic E-state index is -0.196. The monoisotopic (exact) mass is 295 g/mol. The Morgan fingerprint density at radius 1 is 1.27 bits per heavy atom. The summed E-state index contributed by atoms with van der Waals surface area (Å²) in [5.74, 6) is 0.674. The second kappa shape index (κ2) is 5.52. The Bertz CT molecular complexity index is 739. The van der Waals surface area contributed by atoms with Crippen molar-refractivity contribution in [3.63, 3.8) is 0 Å². The number of nitrogen functional groups attached to an aromatic ring is 1. The van der Waals surface area contributed by atoms with Crippen LogP contribution in [0.25, 0.3) is 6.08 Å². The van der Waals surface area contributed by atoms with Gasteiger partial charge in [-0.3, -0.25) is 14.7 Å². The third-order valence-corrected chi connectivity index (χ3v) is 3.38. The van der Waals surface area contributed by atoms with E-state index >= 15 is 0 Å². The van der Waals surface area contributed by atoms with Crippen LogP contribution in [0.1, 0.15) is 19.5 Å². The zero-order chi connectivity index (χ0) is 15.7. The first-order chi connectivity index (χ1) is 10.6. The molecule has 0 saturated heterocycles. The van der Waals surface area contributed by atoms with Crippen LogP contribution in [0.4, 0.5) is 11.4 Å². The van der Waals surface area contributed by atoms with Crippen molar-refractivity contribution in [3.05, 3.63) is 54.0 Å². The molecule has 0 saturated carbocycles. The topological polar surface area (TPSA) is 68.5 Å². The van der Waals surface area contributed by atoms with Crippen molar-refractivity contribution < 1.29 is 9.53 Å². The number of nitrogens with two attached hydrogens (primary N) is 1. The number of nitrogens with zero attached hydrogens (tertiary/aromatic N) is 2. The molecule has 5 nitrogen and oxygen atoms in total. The van der Waals surface area contributed by atoms with E-state index in [2.05, 4.69) is 4.98 Å². The van der Waals surface area contributed by atoms with Crippen molar-refractivity contribution in [2.45, 2.75) is 19.9 Å². The highest BCUT2D eigenvalue weighted by molar-refractivity contribution is 6.10. The van der Waals surface area contributed by atoms with Gasteiger partial charge < -0.3 is 10.5 Å². The Balaban J connectivity index is 2.08. The summed E-state index contributed by atoms with van der Waals surface area (Å²) in [4.78, 5) is 18.6. The molecule has 2 heterocycles. The van der Waals surface area contributed by atoms with Crippen LogP contribution in [-0.2, 0) is 4.79 Å². The Hall–Kier alpha value is -2.82. The fourth-order valence-electron chi connectivity index (χ4n) is 2.40. The SMILES string of the molecule is CC(C)N1C(=O)/C(=C\c2ccccn2)Oc2ccc(N)cc21. The molecule has 1 aromatic heterocycles. The summed E-state index contributed by atoms with van der Waals surface area (Å²) in [6.07, 6.45) is 3.32. The fourth-order valence-corrected chi connectivity index (χ4v) is 2.40. The van der Waals surface area contributed by atoms with E-state index in [0.717, 1.165) is 0 Å². The molecule has 0 bridgehead atoms. The lowest BCUT2D eigenvalue weighted by Crippen LogP contribution is -2.42. The minimum Gasteiger partial charge on any atom is -0.449 e. The second-order valence-corrected chi connectivity index (χ2v) is 5.36. The molecule has 22 heavy (non-hydrogen) atoms. The number of hydrogen-bond donors (Lipinski definition) is 1. The maximum absolute atomic E-state index is 12.7. The summed E-state index contributed by atoms with van der Waals surface area (Å²) in [6.45, 7) is 3.91. The Morgan fingerprint density at radius 3 is 2.77 bits per heavy atom. The van der Waals surface area contributed by atoms with Gasteiger partial charge in [0.15, 0.2) is 11.5 Å². The average molecular weight is 295 g/mol. The van der Waals surface area contributed by atoms with Crippen LogP contribution in [0, 0.1) is 0 Å². The normalized spacial score (nSPS) is 15.9. The number of anilines is 2. The van der Waals surface area contributed by atoms with Crippen molar-refractivity contribution in [1.82, 2.24) is 4.98 Å². The van der Waals surface area contributed by atoms with E-state index < -0.39 is 0 Å². The van der Waals surface area contributed by atoms with E-state index in [1.807, 2.05) is 32.0 Å². The first-order valence-corrected chi connectivity index (χ1v) is 7.10. The van der Waals surface area contributed by atoms with E-state index in [9.17, 15) is 4.79 Å². The number of ether oxygens (including phenoxy) is 1. The van der Waals surface area contributed by atoms with Crippen LogP contribution in [-0.4, -0.2) is 16.9 Å². The summed E-state index contributed by atoms with van der Waals surface area (Å²) in [5.41, 5.74) is 7.79. The number of benzene rings is 1. The maximum atomic E-state index is 12.7. The molecule has 3 rings (SSSR count). The Kier molecular flexibility index (Phi) is 3.55. The van der Waals surface area contributed by atoms with Crippen molar-refractivity contribution in [3.8, 4) is 5.75 Å². The molecule has 0 atom stereocenters. The number of hydrogen-bond acceptors (Lipinski definition) is 4. The smallest absolute Gasteiger partial charge is 0.294 e. The number of rotatable bonds is 2. The zero-order valence-corrected chi connectivity index (χ0v) is 12.5. The lowest BCUT2D eigenvalue weighted by Gasteiger charge is -2.33. The number of pyridine rings is 1. The quantitative estimate of drug-likeness (QED) is 0.683. The standard InChI is InChI=1S/C17H17N3O2/c1-11(2)20-14-9-12(18)6-7-15(14)22-16(17(20)21)10-13-5-3-4-8-19-13/h3-11H,18H2,1-2H3/b16-10+. The molecule has 0 aliphatic carbocycles. The predicted octanol–water partition coefficient (Wildman–Crippen LogP) is 2.84. The van der Waals surface area contributed by atoms with Crippen molar-refractivity contribution in [2.75, 3.05) is 10.6 Å². The van der Waals surface area contributed by atoms with E-state index in [1.165, 1.54) is 0 Å². The summed E-state index contributed by atoms with van der Waals surface area (Å²) < 4.78 is 5.76. The van der Waals surface area contributed by atoms with Gasteiger partial charge in [-0.2, -0.15) is 0 Å². The second-order valence-electron chi connectivity index (χ2n) is 5.36. The lowest BCUT2D eigenvalue weighted by molar-refractivity contribution is -0.117. The first kappa shape index (κ1) is 14.1. The number of amides is 1. The highest BCUT2D eigenvalue weighted by Crippen LogP contribution is 2.38. The summed E-state index contributed by atoms with van der Waals surface area (Å²) >= 11 is 0. The molecule has 112 valence electrons. The van der Waals surface area contributed by atoms with Crippen LogP contribution < -0.4 is 15.4 Å². The van der Waals surface area contributed by atoms with Gasteiger partial charge in [0.2, 0.25) is 0 Å². The van der Waals surface area contributed by atoms with Gasteiger partial charge in [-0.25, -0.2) is 0 Å². The Labute approximate surface area is 129 Å². The van der Waals surface area contributed by atoms with Crippen LogP contribution >= 0.6 is 0 Å². The molecule has 1 aromatic carbocycles. The van der Waals surface area contributed by atoms with Gasteiger partial charge in [0.05, 0.1) is 11.4 Å². The van der Waals surface area contributed by atoms with E-state index in [4.69, 9.17) is 10.5 Å². The predicted molar refractivity (Wildman–Crippen MR) is 86.3 cm³/mol. The lowest BCUT2D eigenvalue weighted by atomic mass is 10.1. The maximum Gasteiger partial charge on any atom is 0.294 e. The highest BCUT2D eigenvalue weighted by atomic mass is 16.5. The molecular weight excluding hydrogens is 278 g/mol. The zero-order valence-electron chi connectivity index (χ0n) is 12.5. The molecule has 1 aliphatic rings. The highest BCUT2D eigenvalue weighted by Gasteiger charge is 2.32. The first-order valence-electron chi connectivity index (χ1n) is 7.10.